The topological polar surface area (TPSA) is 37.9 Å². The lowest BCUT2D eigenvalue weighted by Gasteiger charge is -2.19. The molecule has 2 aliphatic rings. The van der Waals surface area contributed by atoms with Crippen molar-refractivity contribution in [2.45, 2.75) is 45.1 Å². The Hall–Kier alpha value is -0.740. The summed E-state index contributed by atoms with van der Waals surface area (Å²) in [5, 5.41) is 0. The van der Waals surface area contributed by atoms with Gasteiger partial charge in [-0.2, -0.15) is 0 Å². The Morgan fingerprint density at radius 2 is 2.29 bits per heavy atom. The quantitative estimate of drug-likeness (QED) is 0.778. The number of hydrogen-bond acceptors (Lipinski definition) is 3. The van der Waals surface area contributed by atoms with Crippen molar-refractivity contribution in [2.24, 2.45) is 5.92 Å². The average molecular weight is 250 g/mol. The van der Waals surface area contributed by atoms with Crippen LogP contribution in [0.15, 0.2) is 0 Å². The minimum Gasteiger partial charge on any atom is -0.376 e. The van der Waals surface area contributed by atoms with Crippen LogP contribution in [0.5, 0.6) is 0 Å². The molecule has 0 saturated heterocycles. The van der Waals surface area contributed by atoms with Crippen molar-refractivity contribution < 1.29 is 4.74 Å². The van der Waals surface area contributed by atoms with Gasteiger partial charge in [0.1, 0.15) is 10.5 Å². The Balaban J connectivity index is 1.96. The lowest BCUT2D eigenvalue weighted by atomic mass is 10.0. The van der Waals surface area contributed by atoms with Crippen LogP contribution in [0.3, 0.4) is 0 Å². The highest BCUT2D eigenvalue weighted by Gasteiger charge is 2.25. The Bertz CT molecular complexity index is 483. The molecule has 1 aromatic rings. The highest BCUT2D eigenvalue weighted by atomic mass is 32.1. The number of hydrogen-bond donors (Lipinski definition) is 1. The van der Waals surface area contributed by atoms with Crippen LogP contribution in [0, 0.1) is 10.6 Å². The molecule has 2 heterocycles. The van der Waals surface area contributed by atoms with E-state index in [-0.39, 0.29) is 0 Å². The maximum absolute atomic E-state index is 5.43. The first-order valence-electron chi connectivity index (χ1n) is 6.43. The summed E-state index contributed by atoms with van der Waals surface area (Å²) < 4.78 is 6.18. The fourth-order valence-electron chi connectivity index (χ4n) is 2.92. The highest BCUT2D eigenvalue weighted by Crippen LogP contribution is 2.36. The summed E-state index contributed by atoms with van der Waals surface area (Å²) in [6.45, 7) is 3.74. The van der Waals surface area contributed by atoms with Gasteiger partial charge >= 0.3 is 0 Å². The van der Waals surface area contributed by atoms with E-state index in [9.17, 15) is 0 Å². The number of nitrogens with one attached hydrogen (secondary N) is 1. The summed E-state index contributed by atoms with van der Waals surface area (Å²) >= 11 is 5.38. The van der Waals surface area contributed by atoms with Crippen LogP contribution < -0.4 is 0 Å². The number of aromatic amines is 1. The lowest BCUT2D eigenvalue weighted by Crippen LogP contribution is -2.16. The molecule has 0 radical (unpaired) electrons. The molecule has 3 nitrogen and oxygen atoms in total. The molecule has 0 spiro atoms. The van der Waals surface area contributed by atoms with Gasteiger partial charge in [-0.05, 0) is 25.2 Å². The molecule has 2 unspecified atom stereocenters. The van der Waals surface area contributed by atoms with E-state index >= 15 is 0 Å². The van der Waals surface area contributed by atoms with Crippen molar-refractivity contribution in [3.05, 3.63) is 21.7 Å². The average Bonchev–Trinajstić information content (AvgIpc) is 2.76. The molecule has 17 heavy (non-hydrogen) atoms. The zero-order valence-electron chi connectivity index (χ0n) is 10.2. The number of aromatic nitrogens is 2. The number of H-pyrrole nitrogens is 1. The third-order valence-electron chi connectivity index (χ3n) is 3.95. The van der Waals surface area contributed by atoms with Gasteiger partial charge in [-0.1, -0.05) is 19.1 Å². The van der Waals surface area contributed by atoms with Crippen molar-refractivity contribution in [2.75, 3.05) is 6.61 Å². The SMILES string of the molecule is CC1CCC(c2nc(=S)c3c([nH]2)CCOC3)C1. The lowest BCUT2D eigenvalue weighted by molar-refractivity contribution is 0.108. The zero-order valence-corrected chi connectivity index (χ0v) is 11.0. The van der Waals surface area contributed by atoms with E-state index in [1.165, 1.54) is 25.0 Å². The number of nitrogens with zero attached hydrogens (tertiary/aromatic N) is 1. The maximum Gasteiger partial charge on any atom is 0.135 e. The van der Waals surface area contributed by atoms with Crippen LogP contribution >= 0.6 is 12.2 Å². The van der Waals surface area contributed by atoms with Gasteiger partial charge in [0.25, 0.3) is 0 Å². The van der Waals surface area contributed by atoms with E-state index in [1.54, 1.807) is 0 Å². The van der Waals surface area contributed by atoms with Crippen molar-refractivity contribution in [3.63, 3.8) is 0 Å². The Morgan fingerprint density at radius 3 is 3.06 bits per heavy atom. The van der Waals surface area contributed by atoms with E-state index in [1.807, 2.05) is 0 Å². The minimum atomic E-state index is 0.583. The molecule has 1 aliphatic carbocycles. The first-order chi connectivity index (χ1) is 8.24. The molecule has 1 N–H and O–H groups in total. The summed E-state index contributed by atoms with van der Waals surface area (Å²) in [6.07, 6.45) is 4.74. The molecular formula is C13H18N2OS. The molecular weight excluding hydrogens is 232 g/mol. The maximum atomic E-state index is 5.43. The predicted molar refractivity (Wildman–Crippen MR) is 68.5 cm³/mol. The summed E-state index contributed by atoms with van der Waals surface area (Å²) in [6, 6.07) is 0. The third kappa shape index (κ3) is 2.16. The van der Waals surface area contributed by atoms with Gasteiger partial charge in [-0.3, -0.25) is 0 Å². The minimum absolute atomic E-state index is 0.583. The molecule has 0 aromatic carbocycles. The second-order valence-electron chi connectivity index (χ2n) is 5.30. The van der Waals surface area contributed by atoms with Crippen LogP contribution in [0.25, 0.3) is 0 Å². The van der Waals surface area contributed by atoms with E-state index in [0.29, 0.717) is 12.5 Å². The van der Waals surface area contributed by atoms with Crippen LogP contribution in [0.1, 0.15) is 49.2 Å². The molecule has 1 fully saturated rings. The molecule has 92 valence electrons. The largest absolute Gasteiger partial charge is 0.376 e. The summed E-state index contributed by atoms with van der Waals surface area (Å²) in [5.74, 6) is 2.52. The fraction of sp³-hybridized carbons (Fsp3) is 0.692. The van der Waals surface area contributed by atoms with Crippen molar-refractivity contribution in [1.82, 2.24) is 9.97 Å². The number of ether oxygens (including phenoxy) is 1. The molecule has 0 amide bonds. The van der Waals surface area contributed by atoms with Crippen molar-refractivity contribution in [3.8, 4) is 0 Å². The predicted octanol–water partition coefficient (Wildman–Crippen LogP) is 3.12. The van der Waals surface area contributed by atoms with Gasteiger partial charge < -0.3 is 9.72 Å². The normalized spacial score (nSPS) is 28.1. The first kappa shape index (κ1) is 11.4. The zero-order chi connectivity index (χ0) is 11.8. The van der Waals surface area contributed by atoms with E-state index < -0.39 is 0 Å². The van der Waals surface area contributed by atoms with Crippen LogP contribution in [0.2, 0.25) is 0 Å². The van der Waals surface area contributed by atoms with Crippen molar-refractivity contribution >= 4 is 12.2 Å². The second kappa shape index (κ2) is 4.50. The van der Waals surface area contributed by atoms with Crippen molar-refractivity contribution in [1.29, 1.82) is 0 Å². The van der Waals surface area contributed by atoms with Crippen LogP contribution in [0.4, 0.5) is 0 Å². The molecule has 1 aliphatic heterocycles. The Kier molecular flexibility index (Phi) is 3.01. The van der Waals surface area contributed by atoms with E-state index in [0.717, 1.165) is 35.0 Å². The second-order valence-corrected chi connectivity index (χ2v) is 5.69. The molecule has 1 saturated carbocycles. The first-order valence-corrected chi connectivity index (χ1v) is 6.84. The molecule has 1 aromatic heterocycles. The summed E-state index contributed by atoms with van der Waals surface area (Å²) in [4.78, 5) is 8.09. The Labute approximate surface area is 107 Å². The molecule has 3 rings (SSSR count). The highest BCUT2D eigenvalue weighted by molar-refractivity contribution is 7.71. The summed E-state index contributed by atoms with van der Waals surface area (Å²) in [5.41, 5.74) is 2.35. The number of fused-ring (bicyclic) bond motifs is 1. The standard InChI is InChI=1S/C13H18N2OS/c1-8-2-3-9(6-8)12-14-11-4-5-16-7-10(11)13(17)15-12/h8-9H,2-7H2,1H3,(H,14,15,17). The smallest absolute Gasteiger partial charge is 0.135 e. The molecule has 2 atom stereocenters. The van der Waals surface area contributed by atoms with E-state index in [4.69, 9.17) is 17.0 Å². The van der Waals surface area contributed by atoms with E-state index in [2.05, 4.69) is 16.9 Å². The number of rotatable bonds is 1. The van der Waals surface area contributed by atoms with Gasteiger partial charge in [0.2, 0.25) is 0 Å². The fourth-order valence-corrected chi connectivity index (χ4v) is 3.20. The Morgan fingerprint density at radius 1 is 1.41 bits per heavy atom. The van der Waals surface area contributed by atoms with Crippen LogP contribution in [-0.2, 0) is 17.8 Å². The summed E-state index contributed by atoms with van der Waals surface area (Å²) in [7, 11) is 0. The van der Waals surface area contributed by atoms with Gasteiger partial charge in [0, 0.05) is 23.6 Å². The molecule has 4 heteroatoms. The monoisotopic (exact) mass is 250 g/mol. The molecule has 0 bridgehead atoms. The van der Waals surface area contributed by atoms with Gasteiger partial charge in [0.15, 0.2) is 0 Å². The third-order valence-corrected chi connectivity index (χ3v) is 4.29. The van der Waals surface area contributed by atoms with Gasteiger partial charge in [-0.15, -0.1) is 0 Å². The van der Waals surface area contributed by atoms with Crippen LogP contribution in [-0.4, -0.2) is 16.6 Å². The van der Waals surface area contributed by atoms with Gasteiger partial charge in [-0.25, -0.2) is 4.98 Å². The van der Waals surface area contributed by atoms with Gasteiger partial charge in [0.05, 0.1) is 13.2 Å².